The lowest BCUT2D eigenvalue weighted by Crippen LogP contribution is -2.68. The van der Waals surface area contributed by atoms with E-state index in [9.17, 15) is 4.79 Å². The summed E-state index contributed by atoms with van der Waals surface area (Å²) in [6.45, 7) is 2.39. The van der Waals surface area contributed by atoms with E-state index >= 15 is 0 Å². The predicted molar refractivity (Wildman–Crippen MR) is 68.3 cm³/mol. The third kappa shape index (κ3) is 1.97. The number of nitrogens with two attached hydrogens (primary N) is 1. The van der Waals surface area contributed by atoms with Crippen LogP contribution in [-0.4, -0.2) is 38.2 Å². The first-order valence-corrected chi connectivity index (χ1v) is 6.07. The van der Waals surface area contributed by atoms with Crippen LogP contribution in [0.25, 0.3) is 0 Å². The number of tetrazole rings is 1. The maximum absolute atomic E-state index is 11.6. The molecular weight excluding hydrogens is 244 g/mol. The molecule has 2 N–H and O–H groups in total. The Kier molecular flexibility index (Phi) is 2.75. The van der Waals surface area contributed by atoms with Crippen LogP contribution in [0.2, 0.25) is 0 Å². The number of carbonyl (C=O) groups is 1. The molecule has 7 nitrogen and oxygen atoms in total. The Balaban J connectivity index is 1.76. The number of carbonyl (C=O) groups excluding carboxylic acids is 1. The van der Waals surface area contributed by atoms with E-state index in [1.54, 1.807) is 0 Å². The topological polar surface area (TPSA) is 89.9 Å². The van der Waals surface area contributed by atoms with Gasteiger partial charge in [0.05, 0.1) is 12.6 Å². The Bertz CT molecular complexity index is 595. The van der Waals surface area contributed by atoms with Crippen LogP contribution in [0.5, 0.6) is 0 Å². The van der Waals surface area contributed by atoms with E-state index in [1.807, 2.05) is 37.3 Å². The van der Waals surface area contributed by atoms with Gasteiger partial charge in [0.1, 0.15) is 6.04 Å². The molecule has 2 aromatic rings. The van der Waals surface area contributed by atoms with E-state index in [1.165, 1.54) is 9.70 Å². The lowest BCUT2D eigenvalue weighted by Gasteiger charge is -2.40. The fourth-order valence-corrected chi connectivity index (χ4v) is 2.07. The van der Waals surface area contributed by atoms with Gasteiger partial charge in [0.25, 0.3) is 5.95 Å². The third-order valence-electron chi connectivity index (χ3n) is 3.27. The molecule has 98 valence electrons. The number of β-lactam (4-membered cyclic amide) rings is 1. The van der Waals surface area contributed by atoms with E-state index in [-0.39, 0.29) is 11.9 Å². The zero-order chi connectivity index (χ0) is 13.4. The van der Waals surface area contributed by atoms with Crippen molar-refractivity contribution in [3.05, 3.63) is 35.9 Å². The molecule has 1 saturated heterocycles. The third-order valence-corrected chi connectivity index (χ3v) is 3.27. The van der Waals surface area contributed by atoms with Gasteiger partial charge in [-0.3, -0.25) is 9.69 Å². The number of anilines is 1. The average Bonchev–Trinajstić information content (AvgIpc) is 2.87. The number of hydrogen-bond acceptors (Lipinski definition) is 5. The van der Waals surface area contributed by atoms with Crippen LogP contribution >= 0.6 is 0 Å². The molecule has 1 aliphatic heterocycles. The summed E-state index contributed by atoms with van der Waals surface area (Å²) in [6, 6.07) is 9.28. The van der Waals surface area contributed by atoms with Crippen molar-refractivity contribution >= 4 is 11.9 Å². The molecule has 0 radical (unpaired) electrons. The number of aromatic nitrogens is 4. The van der Waals surface area contributed by atoms with Crippen LogP contribution < -0.4 is 10.6 Å². The minimum atomic E-state index is -0.457. The molecule has 1 amide bonds. The Morgan fingerprint density at radius 3 is 2.74 bits per heavy atom. The molecule has 0 unspecified atom stereocenters. The van der Waals surface area contributed by atoms with Gasteiger partial charge >= 0.3 is 0 Å². The number of rotatable bonds is 3. The van der Waals surface area contributed by atoms with Crippen LogP contribution in [0, 0.1) is 0 Å². The van der Waals surface area contributed by atoms with Crippen molar-refractivity contribution in [2.75, 3.05) is 4.90 Å². The van der Waals surface area contributed by atoms with Gasteiger partial charge in [-0.15, -0.1) is 5.10 Å². The summed E-state index contributed by atoms with van der Waals surface area (Å²) >= 11 is 0. The summed E-state index contributed by atoms with van der Waals surface area (Å²) in [7, 11) is 0. The maximum Gasteiger partial charge on any atom is 0.273 e. The lowest BCUT2D eigenvalue weighted by molar-refractivity contribution is -0.125. The van der Waals surface area contributed by atoms with Crippen LogP contribution in [0.3, 0.4) is 0 Å². The minimum Gasteiger partial charge on any atom is -0.318 e. The van der Waals surface area contributed by atoms with Gasteiger partial charge in [-0.25, -0.2) is 0 Å². The summed E-state index contributed by atoms with van der Waals surface area (Å²) in [5.74, 6) is 0.155. The number of hydrogen-bond donors (Lipinski definition) is 1. The maximum atomic E-state index is 11.6. The first-order valence-electron chi connectivity index (χ1n) is 6.07. The van der Waals surface area contributed by atoms with E-state index in [4.69, 9.17) is 5.73 Å². The van der Waals surface area contributed by atoms with E-state index in [2.05, 4.69) is 15.4 Å². The van der Waals surface area contributed by atoms with Gasteiger partial charge in [0, 0.05) is 0 Å². The van der Waals surface area contributed by atoms with Crippen molar-refractivity contribution in [1.29, 1.82) is 0 Å². The van der Waals surface area contributed by atoms with E-state index in [0.717, 1.165) is 5.56 Å². The monoisotopic (exact) mass is 258 g/mol. The van der Waals surface area contributed by atoms with Gasteiger partial charge < -0.3 is 5.73 Å². The molecule has 0 spiro atoms. The van der Waals surface area contributed by atoms with Gasteiger partial charge in [0.15, 0.2) is 0 Å². The number of nitrogens with zero attached hydrogens (tertiary/aromatic N) is 5. The quantitative estimate of drug-likeness (QED) is 0.769. The Labute approximate surface area is 110 Å². The summed E-state index contributed by atoms with van der Waals surface area (Å²) in [6.07, 6.45) is 0. The molecule has 1 aromatic carbocycles. The fraction of sp³-hybridized carbons (Fsp3) is 0.333. The smallest absolute Gasteiger partial charge is 0.273 e. The van der Waals surface area contributed by atoms with Crippen molar-refractivity contribution in [2.24, 2.45) is 5.73 Å². The lowest BCUT2D eigenvalue weighted by atomic mass is 9.99. The molecule has 2 atom stereocenters. The highest BCUT2D eigenvalue weighted by atomic mass is 16.2. The second-order valence-corrected chi connectivity index (χ2v) is 4.58. The summed E-state index contributed by atoms with van der Waals surface area (Å²) < 4.78 is 0. The Hall–Kier alpha value is -2.28. The van der Waals surface area contributed by atoms with Crippen LogP contribution in [-0.2, 0) is 11.3 Å². The highest BCUT2D eigenvalue weighted by Gasteiger charge is 2.44. The van der Waals surface area contributed by atoms with Crippen molar-refractivity contribution in [1.82, 2.24) is 20.2 Å². The first kappa shape index (κ1) is 11.8. The largest absolute Gasteiger partial charge is 0.318 e. The van der Waals surface area contributed by atoms with E-state index < -0.39 is 6.04 Å². The molecule has 1 aromatic heterocycles. The normalized spacial score (nSPS) is 22.4. The summed E-state index contributed by atoms with van der Waals surface area (Å²) in [5.41, 5.74) is 6.72. The van der Waals surface area contributed by atoms with Gasteiger partial charge in [0.2, 0.25) is 5.91 Å². The van der Waals surface area contributed by atoms with Crippen molar-refractivity contribution in [2.45, 2.75) is 25.6 Å². The molecule has 19 heavy (non-hydrogen) atoms. The molecule has 7 heteroatoms. The van der Waals surface area contributed by atoms with Crippen molar-refractivity contribution in [3.8, 4) is 0 Å². The summed E-state index contributed by atoms with van der Waals surface area (Å²) in [5, 5.41) is 12.1. The van der Waals surface area contributed by atoms with Gasteiger partial charge in [-0.1, -0.05) is 35.4 Å². The zero-order valence-corrected chi connectivity index (χ0v) is 10.5. The van der Waals surface area contributed by atoms with Crippen molar-refractivity contribution < 1.29 is 4.79 Å². The molecule has 1 aliphatic rings. The van der Waals surface area contributed by atoms with Crippen molar-refractivity contribution in [3.63, 3.8) is 0 Å². The zero-order valence-electron chi connectivity index (χ0n) is 10.5. The highest BCUT2D eigenvalue weighted by Crippen LogP contribution is 2.22. The first-order chi connectivity index (χ1) is 9.16. The minimum absolute atomic E-state index is 0.0816. The SMILES string of the molecule is C[C@@H]1[C@H](N)C(=O)N1c1nnn(Cc2ccccc2)n1. The van der Waals surface area contributed by atoms with Crippen LogP contribution in [0.4, 0.5) is 5.95 Å². The Morgan fingerprint density at radius 1 is 1.32 bits per heavy atom. The standard InChI is InChI=1S/C12H14N6O/c1-8-10(13)11(19)18(8)12-14-16-17(15-12)7-9-5-3-2-4-6-9/h2-6,8,10H,7,13H2,1H3/t8-,10+/m1/s1. The molecule has 3 rings (SSSR count). The predicted octanol–water partition coefficient (Wildman–Crippen LogP) is -0.216. The summed E-state index contributed by atoms with van der Waals surface area (Å²) in [4.78, 5) is 14.6. The Morgan fingerprint density at radius 2 is 2.05 bits per heavy atom. The molecule has 0 bridgehead atoms. The second-order valence-electron chi connectivity index (χ2n) is 4.58. The second kappa shape index (κ2) is 4.43. The fourth-order valence-electron chi connectivity index (χ4n) is 2.07. The van der Waals surface area contributed by atoms with E-state index in [0.29, 0.717) is 12.5 Å². The number of amides is 1. The van der Waals surface area contributed by atoms with Gasteiger partial charge in [-0.05, 0) is 17.7 Å². The average molecular weight is 258 g/mol. The molecule has 1 fully saturated rings. The number of benzene rings is 1. The molecular formula is C12H14N6O. The molecule has 0 saturated carbocycles. The molecule has 0 aliphatic carbocycles. The van der Waals surface area contributed by atoms with Gasteiger partial charge in [-0.2, -0.15) is 4.80 Å². The van der Waals surface area contributed by atoms with Crippen LogP contribution in [0.1, 0.15) is 12.5 Å². The van der Waals surface area contributed by atoms with Crippen LogP contribution in [0.15, 0.2) is 30.3 Å². The molecule has 2 heterocycles. The highest BCUT2D eigenvalue weighted by molar-refractivity contribution is 6.03.